The molecule has 0 aromatic heterocycles. The van der Waals surface area contributed by atoms with Gasteiger partial charge >= 0.3 is 12.1 Å². The topological polar surface area (TPSA) is 65.1 Å². The summed E-state index contributed by atoms with van der Waals surface area (Å²) in [6, 6.07) is 25.1. The van der Waals surface area contributed by atoms with Crippen molar-refractivity contribution in [3.8, 4) is 5.75 Å². The standard InChI is InChI=1S/C24H21NO5/c1-28-24(27)25-21(23(26)30-22(25)19-10-6-3-7-11-19)18-12-14-20(15-13-18)29-16-17-8-4-2-5-9-17/h2-15,21-22H,16H2,1H3/t21-,22-/m0/s1. The Kier molecular flexibility index (Phi) is 5.66. The quantitative estimate of drug-likeness (QED) is 0.581. The van der Waals surface area contributed by atoms with Gasteiger partial charge in [0.15, 0.2) is 6.04 Å². The van der Waals surface area contributed by atoms with Gasteiger partial charge in [-0.05, 0) is 23.3 Å². The third-order valence-electron chi connectivity index (χ3n) is 4.90. The molecule has 1 amide bonds. The zero-order chi connectivity index (χ0) is 20.9. The number of amides is 1. The summed E-state index contributed by atoms with van der Waals surface area (Å²) in [5.41, 5.74) is 2.38. The third kappa shape index (κ3) is 3.98. The summed E-state index contributed by atoms with van der Waals surface area (Å²) in [7, 11) is 1.28. The van der Waals surface area contributed by atoms with Gasteiger partial charge in [-0.25, -0.2) is 14.5 Å². The SMILES string of the molecule is COC(=O)N1[C@@H](c2ccc(OCc3ccccc3)cc2)C(=O)O[C@H]1c1ccccc1. The Bertz CT molecular complexity index is 1000. The molecule has 0 radical (unpaired) electrons. The Morgan fingerprint density at radius 3 is 2.17 bits per heavy atom. The second-order valence-corrected chi connectivity index (χ2v) is 6.82. The molecule has 3 aromatic carbocycles. The molecule has 6 heteroatoms. The Morgan fingerprint density at radius 1 is 0.900 bits per heavy atom. The lowest BCUT2D eigenvalue weighted by Gasteiger charge is -2.25. The lowest BCUT2D eigenvalue weighted by Crippen LogP contribution is -2.34. The predicted molar refractivity (Wildman–Crippen MR) is 109 cm³/mol. The fraction of sp³-hybridized carbons (Fsp3) is 0.167. The van der Waals surface area contributed by atoms with E-state index in [1.807, 2.05) is 48.5 Å². The van der Waals surface area contributed by atoms with Gasteiger partial charge in [0, 0.05) is 5.56 Å². The number of esters is 1. The van der Waals surface area contributed by atoms with Crippen LogP contribution in [0.5, 0.6) is 5.75 Å². The van der Waals surface area contributed by atoms with Gasteiger partial charge in [-0.3, -0.25) is 0 Å². The average Bonchev–Trinajstić information content (AvgIpc) is 3.16. The molecule has 1 fully saturated rings. The maximum absolute atomic E-state index is 12.7. The Hall–Kier alpha value is -3.80. The average molecular weight is 403 g/mol. The van der Waals surface area contributed by atoms with Crippen molar-refractivity contribution in [1.29, 1.82) is 0 Å². The van der Waals surface area contributed by atoms with Crippen LogP contribution >= 0.6 is 0 Å². The summed E-state index contributed by atoms with van der Waals surface area (Å²) in [5, 5.41) is 0. The van der Waals surface area contributed by atoms with E-state index in [1.165, 1.54) is 12.0 Å². The first kappa shape index (κ1) is 19.5. The van der Waals surface area contributed by atoms with E-state index in [9.17, 15) is 9.59 Å². The van der Waals surface area contributed by atoms with Crippen LogP contribution < -0.4 is 4.74 Å². The van der Waals surface area contributed by atoms with Crippen LogP contribution in [-0.2, 0) is 20.9 Å². The van der Waals surface area contributed by atoms with Gasteiger partial charge in [-0.15, -0.1) is 0 Å². The second-order valence-electron chi connectivity index (χ2n) is 6.82. The summed E-state index contributed by atoms with van der Waals surface area (Å²) >= 11 is 0. The molecule has 152 valence electrons. The number of carbonyl (C=O) groups excluding carboxylic acids is 2. The highest BCUT2D eigenvalue weighted by molar-refractivity contribution is 5.86. The minimum Gasteiger partial charge on any atom is -0.489 e. The van der Waals surface area contributed by atoms with Crippen LogP contribution in [0.4, 0.5) is 4.79 Å². The molecule has 2 atom stereocenters. The highest BCUT2D eigenvalue weighted by Gasteiger charge is 2.47. The highest BCUT2D eigenvalue weighted by Crippen LogP contribution is 2.40. The number of hydrogen-bond donors (Lipinski definition) is 0. The van der Waals surface area contributed by atoms with Gasteiger partial charge in [-0.2, -0.15) is 0 Å². The minimum atomic E-state index is -0.897. The van der Waals surface area contributed by atoms with Crippen LogP contribution in [0.2, 0.25) is 0 Å². The van der Waals surface area contributed by atoms with E-state index in [4.69, 9.17) is 14.2 Å². The maximum atomic E-state index is 12.7. The number of methoxy groups -OCH3 is 1. The summed E-state index contributed by atoms with van der Waals surface area (Å²) in [6.07, 6.45) is -1.48. The number of rotatable bonds is 5. The van der Waals surface area contributed by atoms with Gasteiger partial charge in [0.25, 0.3) is 0 Å². The summed E-state index contributed by atoms with van der Waals surface area (Å²) in [4.78, 5) is 26.5. The molecule has 0 N–H and O–H groups in total. The van der Waals surface area contributed by atoms with Gasteiger partial charge < -0.3 is 14.2 Å². The fourth-order valence-electron chi connectivity index (χ4n) is 3.42. The Labute approximate surface area is 174 Å². The molecule has 0 spiro atoms. The first-order valence-electron chi connectivity index (χ1n) is 9.56. The second kappa shape index (κ2) is 8.69. The number of cyclic esters (lactones) is 1. The highest BCUT2D eigenvalue weighted by atomic mass is 16.6. The maximum Gasteiger partial charge on any atom is 0.413 e. The smallest absolute Gasteiger partial charge is 0.413 e. The number of ether oxygens (including phenoxy) is 3. The monoisotopic (exact) mass is 403 g/mol. The first-order chi connectivity index (χ1) is 14.7. The summed E-state index contributed by atoms with van der Waals surface area (Å²) in [5.74, 6) is 0.158. The van der Waals surface area contributed by atoms with Crippen molar-refractivity contribution in [2.45, 2.75) is 18.9 Å². The number of nitrogens with zero attached hydrogens (tertiary/aromatic N) is 1. The van der Waals surface area contributed by atoms with Crippen molar-refractivity contribution in [2.24, 2.45) is 0 Å². The van der Waals surface area contributed by atoms with Crippen molar-refractivity contribution in [2.75, 3.05) is 7.11 Å². The van der Waals surface area contributed by atoms with Crippen LogP contribution in [-0.4, -0.2) is 24.1 Å². The lowest BCUT2D eigenvalue weighted by atomic mass is 10.1. The van der Waals surface area contributed by atoms with Crippen molar-refractivity contribution >= 4 is 12.1 Å². The molecule has 6 nitrogen and oxygen atoms in total. The van der Waals surface area contributed by atoms with Crippen molar-refractivity contribution in [3.63, 3.8) is 0 Å². The number of hydrogen-bond acceptors (Lipinski definition) is 5. The molecule has 1 aliphatic heterocycles. The first-order valence-corrected chi connectivity index (χ1v) is 9.56. The zero-order valence-electron chi connectivity index (χ0n) is 16.4. The number of carbonyl (C=O) groups is 2. The third-order valence-corrected chi connectivity index (χ3v) is 4.90. The normalized spacial score (nSPS) is 18.0. The largest absolute Gasteiger partial charge is 0.489 e. The van der Waals surface area contributed by atoms with E-state index < -0.39 is 24.3 Å². The molecule has 30 heavy (non-hydrogen) atoms. The van der Waals surface area contributed by atoms with Crippen LogP contribution in [0.25, 0.3) is 0 Å². The zero-order valence-corrected chi connectivity index (χ0v) is 16.4. The molecule has 0 saturated carbocycles. The fourth-order valence-corrected chi connectivity index (χ4v) is 3.42. The van der Waals surface area contributed by atoms with Crippen LogP contribution in [0.15, 0.2) is 84.9 Å². The number of benzene rings is 3. The van der Waals surface area contributed by atoms with E-state index in [0.29, 0.717) is 23.5 Å². The Morgan fingerprint density at radius 2 is 1.53 bits per heavy atom. The summed E-state index contributed by atoms with van der Waals surface area (Å²) < 4.78 is 16.3. The van der Waals surface area contributed by atoms with Gasteiger partial charge in [0.05, 0.1) is 7.11 Å². The molecule has 0 bridgehead atoms. The van der Waals surface area contributed by atoms with E-state index >= 15 is 0 Å². The van der Waals surface area contributed by atoms with E-state index in [-0.39, 0.29) is 0 Å². The van der Waals surface area contributed by atoms with Crippen molar-refractivity contribution < 1.29 is 23.8 Å². The van der Waals surface area contributed by atoms with Crippen LogP contribution in [0.3, 0.4) is 0 Å². The van der Waals surface area contributed by atoms with Crippen LogP contribution in [0, 0.1) is 0 Å². The summed E-state index contributed by atoms with van der Waals surface area (Å²) in [6.45, 7) is 0.440. The van der Waals surface area contributed by atoms with E-state index in [2.05, 4.69) is 0 Å². The molecule has 3 aromatic rings. The predicted octanol–water partition coefficient (Wildman–Crippen LogP) is 4.63. The molecule has 0 aliphatic carbocycles. The van der Waals surface area contributed by atoms with Crippen molar-refractivity contribution in [3.05, 3.63) is 102 Å². The molecule has 4 rings (SSSR count). The molecule has 0 unspecified atom stereocenters. The molecule has 1 saturated heterocycles. The van der Waals surface area contributed by atoms with Gasteiger partial charge in [0.2, 0.25) is 6.23 Å². The molecular formula is C24H21NO5. The Balaban J connectivity index is 1.55. The lowest BCUT2D eigenvalue weighted by molar-refractivity contribution is -0.143. The molecule has 1 heterocycles. The van der Waals surface area contributed by atoms with E-state index in [0.717, 1.165) is 5.56 Å². The molecular weight excluding hydrogens is 382 g/mol. The van der Waals surface area contributed by atoms with Crippen molar-refractivity contribution in [1.82, 2.24) is 4.90 Å². The van der Waals surface area contributed by atoms with Gasteiger partial charge in [0.1, 0.15) is 12.4 Å². The molecule has 1 aliphatic rings. The van der Waals surface area contributed by atoms with Gasteiger partial charge in [-0.1, -0.05) is 72.8 Å². The van der Waals surface area contributed by atoms with E-state index in [1.54, 1.807) is 36.4 Å². The van der Waals surface area contributed by atoms with Crippen LogP contribution in [0.1, 0.15) is 29.0 Å². The minimum absolute atomic E-state index is 0.440.